The van der Waals surface area contributed by atoms with E-state index in [0.717, 1.165) is 48.6 Å². The highest BCUT2D eigenvalue weighted by Gasteiger charge is 2.35. The number of hydrogen-bond donors (Lipinski definition) is 1. The zero-order valence-corrected chi connectivity index (χ0v) is 12.4. The lowest BCUT2D eigenvalue weighted by Crippen LogP contribution is -2.27. The first kappa shape index (κ1) is 12.6. The van der Waals surface area contributed by atoms with E-state index in [1.54, 1.807) is 0 Å². The molecular formula is C15H20N2O2S. The number of hydrogen-bond acceptors (Lipinski definition) is 4. The maximum atomic E-state index is 11.4. The van der Waals surface area contributed by atoms with Crippen molar-refractivity contribution in [1.82, 2.24) is 4.98 Å². The molecule has 108 valence electrons. The molecule has 1 aromatic rings. The Hall–Kier alpha value is -1.10. The first-order valence-electron chi connectivity index (χ1n) is 7.69. The van der Waals surface area contributed by atoms with E-state index < -0.39 is 5.97 Å². The van der Waals surface area contributed by atoms with Crippen molar-refractivity contribution < 1.29 is 9.90 Å². The van der Waals surface area contributed by atoms with E-state index in [9.17, 15) is 9.90 Å². The summed E-state index contributed by atoms with van der Waals surface area (Å²) in [7, 11) is 0. The molecule has 0 radical (unpaired) electrons. The van der Waals surface area contributed by atoms with Gasteiger partial charge in [0.2, 0.25) is 0 Å². The van der Waals surface area contributed by atoms with Crippen LogP contribution in [0.1, 0.15) is 59.8 Å². The number of aromatic carboxylic acids is 1. The van der Waals surface area contributed by atoms with Crippen LogP contribution in [-0.4, -0.2) is 29.1 Å². The first-order valence-corrected chi connectivity index (χ1v) is 8.51. The van der Waals surface area contributed by atoms with Crippen molar-refractivity contribution in [2.45, 2.75) is 44.4 Å². The van der Waals surface area contributed by atoms with Gasteiger partial charge in [-0.05, 0) is 50.4 Å². The highest BCUT2D eigenvalue weighted by atomic mass is 32.1. The molecule has 0 saturated heterocycles. The summed E-state index contributed by atoms with van der Waals surface area (Å²) in [5.74, 6) is 1.24. The lowest BCUT2D eigenvalue weighted by atomic mass is 10.2. The van der Waals surface area contributed by atoms with Crippen molar-refractivity contribution in [2.75, 3.05) is 18.0 Å². The van der Waals surface area contributed by atoms with Gasteiger partial charge in [-0.3, -0.25) is 0 Å². The van der Waals surface area contributed by atoms with Gasteiger partial charge in [0.15, 0.2) is 5.13 Å². The van der Waals surface area contributed by atoms with Gasteiger partial charge in [0, 0.05) is 19.0 Å². The van der Waals surface area contributed by atoms with E-state index in [1.165, 1.54) is 37.0 Å². The zero-order valence-electron chi connectivity index (χ0n) is 11.5. The molecule has 0 bridgehead atoms. The molecule has 3 aliphatic rings. The normalized spacial score (nSPS) is 22.0. The maximum Gasteiger partial charge on any atom is 0.347 e. The number of aromatic nitrogens is 1. The largest absolute Gasteiger partial charge is 0.477 e. The SMILES string of the molecule is O=C(O)c1sc(N(CC2CC2)CC2CC2)nc1C1CC1. The molecule has 0 aromatic carbocycles. The van der Waals surface area contributed by atoms with Gasteiger partial charge in [-0.15, -0.1) is 0 Å². The predicted octanol–water partition coefficient (Wildman–Crippen LogP) is 3.35. The van der Waals surface area contributed by atoms with Crippen LogP contribution in [0.25, 0.3) is 0 Å². The summed E-state index contributed by atoms with van der Waals surface area (Å²) in [5.41, 5.74) is 0.856. The number of thiazole rings is 1. The van der Waals surface area contributed by atoms with E-state index in [0.29, 0.717) is 10.8 Å². The van der Waals surface area contributed by atoms with Crippen LogP contribution in [-0.2, 0) is 0 Å². The standard InChI is InChI=1S/C15H20N2O2S/c18-14(19)13-12(11-5-6-11)16-15(20-13)17(7-9-1-2-9)8-10-3-4-10/h9-11H,1-8H2,(H,18,19). The van der Waals surface area contributed by atoms with Crippen molar-refractivity contribution in [3.63, 3.8) is 0 Å². The summed E-state index contributed by atoms with van der Waals surface area (Å²) < 4.78 is 0. The molecule has 0 amide bonds. The Balaban J connectivity index is 1.59. The Bertz CT molecular complexity index is 516. The molecule has 0 spiro atoms. The second-order valence-corrected chi connectivity index (χ2v) is 7.56. The Morgan fingerprint density at radius 3 is 2.20 bits per heavy atom. The molecule has 1 aromatic heterocycles. The molecule has 0 aliphatic heterocycles. The maximum absolute atomic E-state index is 11.4. The zero-order chi connectivity index (χ0) is 13.7. The molecule has 4 nitrogen and oxygen atoms in total. The third-order valence-corrected chi connectivity index (χ3v) is 5.54. The van der Waals surface area contributed by atoms with Crippen LogP contribution in [0.4, 0.5) is 5.13 Å². The summed E-state index contributed by atoms with van der Waals surface area (Å²) in [5, 5.41) is 10.3. The fraction of sp³-hybridized carbons (Fsp3) is 0.733. The Morgan fingerprint density at radius 1 is 1.15 bits per heavy atom. The second-order valence-electron chi connectivity index (χ2n) is 6.58. The Kier molecular flexibility index (Phi) is 2.98. The molecule has 3 aliphatic carbocycles. The van der Waals surface area contributed by atoms with Crippen molar-refractivity contribution in [3.05, 3.63) is 10.6 Å². The fourth-order valence-corrected chi connectivity index (χ4v) is 3.71. The third-order valence-electron chi connectivity index (χ3n) is 4.42. The van der Waals surface area contributed by atoms with E-state index >= 15 is 0 Å². The minimum absolute atomic E-state index is 0.412. The lowest BCUT2D eigenvalue weighted by molar-refractivity contribution is 0.0700. The summed E-state index contributed by atoms with van der Waals surface area (Å²) in [6, 6.07) is 0. The topological polar surface area (TPSA) is 53.4 Å². The van der Waals surface area contributed by atoms with Gasteiger partial charge < -0.3 is 10.0 Å². The van der Waals surface area contributed by atoms with E-state index in [-0.39, 0.29) is 0 Å². The minimum atomic E-state index is -0.798. The molecule has 3 saturated carbocycles. The summed E-state index contributed by atoms with van der Waals surface area (Å²) in [4.78, 5) is 19.0. The smallest absolute Gasteiger partial charge is 0.347 e. The van der Waals surface area contributed by atoms with Gasteiger partial charge in [-0.2, -0.15) is 0 Å². The number of carboxylic acids is 1. The van der Waals surface area contributed by atoms with Gasteiger partial charge in [-0.1, -0.05) is 11.3 Å². The quantitative estimate of drug-likeness (QED) is 0.837. The van der Waals surface area contributed by atoms with Crippen molar-refractivity contribution in [2.24, 2.45) is 11.8 Å². The molecule has 4 rings (SSSR count). The average Bonchev–Trinajstić information content (AvgIpc) is 3.24. The van der Waals surface area contributed by atoms with Crippen molar-refractivity contribution in [1.29, 1.82) is 0 Å². The predicted molar refractivity (Wildman–Crippen MR) is 78.7 cm³/mol. The molecule has 20 heavy (non-hydrogen) atoms. The van der Waals surface area contributed by atoms with Crippen molar-refractivity contribution >= 4 is 22.4 Å². The molecule has 5 heteroatoms. The number of anilines is 1. The molecule has 1 N–H and O–H groups in total. The molecular weight excluding hydrogens is 272 g/mol. The lowest BCUT2D eigenvalue weighted by Gasteiger charge is -2.21. The van der Waals surface area contributed by atoms with Gasteiger partial charge in [0.1, 0.15) is 4.88 Å². The summed E-state index contributed by atoms with van der Waals surface area (Å²) in [6.07, 6.45) is 7.52. The molecule has 1 heterocycles. The number of carbonyl (C=O) groups is 1. The average molecular weight is 292 g/mol. The number of nitrogens with zero attached hydrogens (tertiary/aromatic N) is 2. The Labute approximate surface area is 122 Å². The number of carboxylic acid groups (broad SMARTS) is 1. The number of rotatable bonds is 7. The van der Waals surface area contributed by atoms with Gasteiger partial charge >= 0.3 is 5.97 Å². The molecule has 3 fully saturated rings. The van der Waals surface area contributed by atoms with Crippen LogP contribution in [0.15, 0.2) is 0 Å². The molecule has 0 atom stereocenters. The minimum Gasteiger partial charge on any atom is -0.477 e. The van der Waals surface area contributed by atoms with Crippen molar-refractivity contribution in [3.8, 4) is 0 Å². The first-order chi connectivity index (χ1) is 9.70. The van der Waals surface area contributed by atoms with Gasteiger partial charge in [-0.25, -0.2) is 9.78 Å². The van der Waals surface area contributed by atoms with Crippen LogP contribution < -0.4 is 4.90 Å². The molecule has 0 unspecified atom stereocenters. The van der Waals surface area contributed by atoms with Gasteiger partial charge in [0.25, 0.3) is 0 Å². The van der Waals surface area contributed by atoms with Crippen LogP contribution in [0.2, 0.25) is 0 Å². The highest BCUT2D eigenvalue weighted by Crippen LogP contribution is 2.45. The monoisotopic (exact) mass is 292 g/mol. The third kappa shape index (κ3) is 2.68. The van der Waals surface area contributed by atoms with E-state index in [1.807, 2.05) is 0 Å². The second kappa shape index (κ2) is 4.72. The van der Waals surface area contributed by atoms with E-state index in [4.69, 9.17) is 4.98 Å². The van der Waals surface area contributed by atoms with Crippen LogP contribution >= 0.6 is 11.3 Å². The highest BCUT2D eigenvalue weighted by molar-refractivity contribution is 7.17. The summed E-state index contributed by atoms with van der Waals surface area (Å²) in [6.45, 7) is 2.15. The fourth-order valence-electron chi connectivity index (χ4n) is 2.70. The van der Waals surface area contributed by atoms with Gasteiger partial charge in [0.05, 0.1) is 5.69 Å². The van der Waals surface area contributed by atoms with Crippen LogP contribution in [0.3, 0.4) is 0 Å². The van der Waals surface area contributed by atoms with E-state index in [2.05, 4.69) is 4.90 Å². The van der Waals surface area contributed by atoms with Crippen LogP contribution in [0.5, 0.6) is 0 Å². The summed E-state index contributed by atoms with van der Waals surface area (Å²) >= 11 is 1.40. The Morgan fingerprint density at radius 2 is 1.75 bits per heavy atom. The van der Waals surface area contributed by atoms with Crippen LogP contribution in [0, 0.1) is 11.8 Å².